The minimum absolute atomic E-state index is 0.175. The van der Waals surface area contributed by atoms with E-state index in [1.54, 1.807) is 5.57 Å². The molecule has 0 aromatic rings. The molecule has 6 unspecified atom stereocenters. The molecular weight excluding hydrogens is 390 g/mol. The lowest BCUT2D eigenvalue weighted by Crippen LogP contribution is -2.52. The molecule has 0 aliphatic heterocycles. The zero-order valence-corrected chi connectivity index (χ0v) is 21.8. The van der Waals surface area contributed by atoms with Crippen LogP contribution < -0.4 is 0 Å². The zero-order chi connectivity index (χ0) is 23.4. The standard InChI is InChI=1S/C30H49NO/c1-7-30(32)18-17-28(5)22(19-30)10-11-23-25-13-12-24(29(25,6)16-14-26(23)28)21(2)9-8-15-27(3,4)20-31/h10,21,23-26,32H,7-9,11-19H2,1-6H3/t21-,23?,24?,25?,26?,28?,29?,30+/m1/s1. The van der Waals surface area contributed by atoms with Crippen molar-refractivity contribution in [1.82, 2.24) is 0 Å². The van der Waals surface area contributed by atoms with Crippen molar-refractivity contribution >= 4 is 0 Å². The predicted octanol–water partition coefficient (Wildman–Crippen LogP) is 8.06. The van der Waals surface area contributed by atoms with Gasteiger partial charge >= 0.3 is 0 Å². The van der Waals surface area contributed by atoms with E-state index in [2.05, 4.69) is 53.7 Å². The molecule has 0 bridgehead atoms. The number of hydrogen-bond donors (Lipinski definition) is 1. The second-order valence-electron chi connectivity index (χ2n) is 13.6. The van der Waals surface area contributed by atoms with Crippen LogP contribution in [0.1, 0.15) is 119 Å². The summed E-state index contributed by atoms with van der Waals surface area (Å²) >= 11 is 0. The summed E-state index contributed by atoms with van der Waals surface area (Å²) in [5, 5.41) is 20.3. The van der Waals surface area contributed by atoms with E-state index in [0.29, 0.717) is 10.8 Å². The van der Waals surface area contributed by atoms with Crippen LogP contribution in [0.5, 0.6) is 0 Å². The topological polar surface area (TPSA) is 44.0 Å². The highest BCUT2D eigenvalue weighted by Crippen LogP contribution is 2.67. The van der Waals surface area contributed by atoms with E-state index in [1.807, 2.05) is 0 Å². The summed E-state index contributed by atoms with van der Waals surface area (Å²) < 4.78 is 0. The molecule has 4 aliphatic carbocycles. The van der Waals surface area contributed by atoms with E-state index in [9.17, 15) is 10.4 Å². The molecule has 0 saturated heterocycles. The Morgan fingerprint density at radius 1 is 1.16 bits per heavy atom. The maximum Gasteiger partial charge on any atom is 0.0683 e. The summed E-state index contributed by atoms with van der Waals surface area (Å²) in [4.78, 5) is 0. The number of allylic oxidation sites excluding steroid dienone is 1. The molecular formula is C30H49NO. The van der Waals surface area contributed by atoms with Crippen molar-refractivity contribution in [3.63, 3.8) is 0 Å². The lowest BCUT2D eigenvalue weighted by Gasteiger charge is -2.59. The van der Waals surface area contributed by atoms with E-state index in [-0.39, 0.29) is 5.41 Å². The Morgan fingerprint density at radius 3 is 2.59 bits per heavy atom. The van der Waals surface area contributed by atoms with Crippen molar-refractivity contribution in [2.45, 2.75) is 124 Å². The van der Waals surface area contributed by atoms with Crippen LogP contribution in [0.25, 0.3) is 0 Å². The normalized spacial score (nSPS) is 44.6. The van der Waals surface area contributed by atoms with Gasteiger partial charge in [-0.2, -0.15) is 5.26 Å². The number of nitriles is 1. The molecule has 0 radical (unpaired) electrons. The maximum atomic E-state index is 11.0. The summed E-state index contributed by atoms with van der Waals surface area (Å²) in [5.41, 5.74) is 1.81. The Balaban J connectivity index is 1.47. The number of hydrogen-bond acceptors (Lipinski definition) is 2. The van der Waals surface area contributed by atoms with Crippen LogP contribution in [-0.4, -0.2) is 10.7 Å². The Labute approximate surface area is 198 Å². The van der Waals surface area contributed by atoms with Crippen LogP contribution in [0, 0.1) is 57.2 Å². The van der Waals surface area contributed by atoms with Gasteiger partial charge in [0.15, 0.2) is 0 Å². The molecule has 4 rings (SSSR count). The van der Waals surface area contributed by atoms with Crippen LogP contribution in [0.3, 0.4) is 0 Å². The van der Waals surface area contributed by atoms with Gasteiger partial charge in [-0.05, 0) is 118 Å². The molecule has 3 fully saturated rings. The molecule has 0 amide bonds. The van der Waals surface area contributed by atoms with Crippen molar-refractivity contribution in [3.8, 4) is 6.07 Å². The van der Waals surface area contributed by atoms with Gasteiger partial charge in [-0.3, -0.25) is 0 Å². The zero-order valence-electron chi connectivity index (χ0n) is 21.8. The Kier molecular flexibility index (Phi) is 6.42. The van der Waals surface area contributed by atoms with Crippen molar-refractivity contribution < 1.29 is 5.11 Å². The smallest absolute Gasteiger partial charge is 0.0683 e. The third-order valence-electron chi connectivity index (χ3n) is 11.4. The van der Waals surface area contributed by atoms with Gasteiger partial charge in [0.25, 0.3) is 0 Å². The quantitative estimate of drug-likeness (QED) is 0.425. The number of nitrogens with zero attached hydrogens (tertiary/aromatic N) is 1. The summed E-state index contributed by atoms with van der Waals surface area (Å²) in [7, 11) is 0. The first-order valence-corrected chi connectivity index (χ1v) is 13.8. The average Bonchev–Trinajstić information content (AvgIpc) is 3.11. The van der Waals surface area contributed by atoms with Crippen molar-refractivity contribution in [2.75, 3.05) is 0 Å². The van der Waals surface area contributed by atoms with E-state index in [4.69, 9.17) is 0 Å². The highest BCUT2D eigenvalue weighted by molar-refractivity contribution is 5.27. The third-order valence-corrected chi connectivity index (χ3v) is 11.4. The van der Waals surface area contributed by atoms with Gasteiger partial charge in [-0.25, -0.2) is 0 Å². The van der Waals surface area contributed by atoms with Crippen molar-refractivity contribution in [2.24, 2.45) is 45.8 Å². The van der Waals surface area contributed by atoms with Crippen LogP contribution in [0.2, 0.25) is 0 Å². The molecule has 8 atom stereocenters. The first-order valence-electron chi connectivity index (χ1n) is 13.8. The second-order valence-corrected chi connectivity index (χ2v) is 13.6. The van der Waals surface area contributed by atoms with Gasteiger partial charge in [0.2, 0.25) is 0 Å². The molecule has 2 heteroatoms. The molecule has 180 valence electrons. The molecule has 0 aromatic heterocycles. The first-order chi connectivity index (χ1) is 15.0. The second kappa shape index (κ2) is 8.45. The van der Waals surface area contributed by atoms with Crippen LogP contribution >= 0.6 is 0 Å². The van der Waals surface area contributed by atoms with Gasteiger partial charge in [-0.1, -0.05) is 52.2 Å². The van der Waals surface area contributed by atoms with Gasteiger partial charge in [0.1, 0.15) is 0 Å². The third kappa shape index (κ3) is 4.00. The van der Waals surface area contributed by atoms with Crippen molar-refractivity contribution in [3.05, 3.63) is 11.6 Å². The van der Waals surface area contributed by atoms with E-state index < -0.39 is 5.60 Å². The Hall–Kier alpha value is -0.810. The molecule has 32 heavy (non-hydrogen) atoms. The lowest BCUT2D eigenvalue weighted by atomic mass is 9.46. The van der Waals surface area contributed by atoms with E-state index in [1.165, 1.54) is 51.4 Å². The monoisotopic (exact) mass is 439 g/mol. The van der Waals surface area contributed by atoms with E-state index in [0.717, 1.165) is 55.3 Å². The molecule has 4 aliphatic rings. The highest BCUT2D eigenvalue weighted by Gasteiger charge is 2.59. The number of rotatable bonds is 6. The Bertz CT molecular complexity index is 776. The number of fused-ring (bicyclic) bond motifs is 5. The van der Waals surface area contributed by atoms with Crippen LogP contribution in [0.15, 0.2) is 11.6 Å². The van der Waals surface area contributed by atoms with Gasteiger partial charge in [-0.15, -0.1) is 0 Å². The fourth-order valence-corrected chi connectivity index (χ4v) is 9.11. The largest absolute Gasteiger partial charge is 0.390 e. The lowest BCUT2D eigenvalue weighted by molar-refractivity contribution is -0.0755. The summed E-state index contributed by atoms with van der Waals surface area (Å²) in [6.45, 7) is 14.0. The number of aliphatic hydroxyl groups is 1. The Morgan fingerprint density at radius 2 is 1.91 bits per heavy atom. The van der Waals surface area contributed by atoms with Gasteiger partial charge < -0.3 is 5.11 Å². The van der Waals surface area contributed by atoms with Crippen LogP contribution in [0.4, 0.5) is 0 Å². The average molecular weight is 440 g/mol. The van der Waals surface area contributed by atoms with Gasteiger partial charge in [0, 0.05) is 0 Å². The minimum Gasteiger partial charge on any atom is -0.390 e. The minimum atomic E-state index is -0.449. The summed E-state index contributed by atoms with van der Waals surface area (Å²) in [6, 6.07) is 2.48. The summed E-state index contributed by atoms with van der Waals surface area (Å²) in [6.07, 6.45) is 17.0. The first kappa shape index (κ1) is 24.3. The van der Waals surface area contributed by atoms with Gasteiger partial charge in [0.05, 0.1) is 17.1 Å². The van der Waals surface area contributed by atoms with Crippen molar-refractivity contribution in [1.29, 1.82) is 5.26 Å². The molecule has 1 N–H and O–H groups in total. The predicted molar refractivity (Wildman–Crippen MR) is 133 cm³/mol. The fraction of sp³-hybridized carbons (Fsp3) is 0.900. The fourth-order valence-electron chi connectivity index (χ4n) is 9.11. The highest BCUT2D eigenvalue weighted by atomic mass is 16.3. The molecule has 3 saturated carbocycles. The van der Waals surface area contributed by atoms with E-state index >= 15 is 0 Å². The molecule has 0 spiro atoms. The summed E-state index contributed by atoms with van der Waals surface area (Å²) in [5.74, 6) is 4.19. The maximum absolute atomic E-state index is 11.0. The SMILES string of the molecule is CC[C@]1(O)CCC2(C)C(=CCC3C2CCC2(C)C3CCC2[C@H](C)CCCC(C)(C)C#N)C1. The molecule has 0 aromatic carbocycles. The molecule has 2 nitrogen and oxygen atoms in total. The molecule has 0 heterocycles. The van der Waals surface area contributed by atoms with Crippen LogP contribution in [-0.2, 0) is 0 Å².